The molecular formula is C17H30N4. The van der Waals surface area contributed by atoms with Crippen LogP contribution in [-0.4, -0.2) is 61.2 Å². The average Bonchev–Trinajstić information content (AvgIpc) is 3.24. The van der Waals surface area contributed by atoms with Gasteiger partial charge in [-0.15, -0.1) is 0 Å². The molecule has 3 aliphatic rings. The van der Waals surface area contributed by atoms with Gasteiger partial charge < -0.3 is 10.2 Å². The first-order chi connectivity index (χ1) is 10.3. The van der Waals surface area contributed by atoms with E-state index in [0.717, 1.165) is 12.5 Å². The van der Waals surface area contributed by atoms with Crippen LogP contribution >= 0.6 is 0 Å². The maximum absolute atomic E-state index is 9.53. The first-order valence-electron chi connectivity index (χ1n) is 8.84. The van der Waals surface area contributed by atoms with Crippen LogP contribution in [0.3, 0.4) is 0 Å². The summed E-state index contributed by atoms with van der Waals surface area (Å²) in [4.78, 5) is 5.34. The minimum atomic E-state index is -0.242. The molecule has 0 bridgehead atoms. The number of likely N-dealkylation sites (tertiary alicyclic amines) is 2. The van der Waals surface area contributed by atoms with E-state index in [1.807, 2.05) is 7.05 Å². The Bertz CT molecular complexity index is 385. The minimum Gasteiger partial charge on any atom is -0.302 e. The molecule has 0 aromatic rings. The number of hydrogen-bond donors (Lipinski definition) is 1. The van der Waals surface area contributed by atoms with Crippen LogP contribution in [0.1, 0.15) is 44.9 Å². The topological polar surface area (TPSA) is 42.3 Å². The van der Waals surface area contributed by atoms with E-state index in [1.165, 1.54) is 71.2 Å². The fourth-order valence-electron chi connectivity index (χ4n) is 4.76. The molecule has 2 aliphatic heterocycles. The van der Waals surface area contributed by atoms with Crippen LogP contribution in [0.5, 0.6) is 0 Å². The normalized spacial score (nSPS) is 38.1. The van der Waals surface area contributed by atoms with Crippen molar-refractivity contribution in [2.24, 2.45) is 5.92 Å². The first kappa shape index (κ1) is 15.3. The third kappa shape index (κ3) is 3.11. The molecule has 2 saturated heterocycles. The lowest BCUT2D eigenvalue weighted by atomic mass is 9.86. The van der Waals surface area contributed by atoms with E-state index in [9.17, 15) is 5.26 Å². The molecule has 4 nitrogen and oxygen atoms in total. The van der Waals surface area contributed by atoms with Crippen molar-refractivity contribution in [1.82, 2.24) is 15.1 Å². The maximum Gasteiger partial charge on any atom is 0.109 e. The summed E-state index contributed by atoms with van der Waals surface area (Å²) in [6, 6.07) is 3.37. The van der Waals surface area contributed by atoms with Crippen LogP contribution in [0.2, 0.25) is 0 Å². The Morgan fingerprint density at radius 3 is 2.71 bits per heavy atom. The largest absolute Gasteiger partial charge is 0.302 e. The molecule has 1 aliphatic carbocycles. The highest BCUT2D eigenvalue weighted by molar-refractivity contribution is 5.13. The van der Waals surface area contributed by atoms with E-state index < -0.39 is 0 Å². The molecule has 2 heterocycles. The van der Waals surface area contributed by atoms with Gasteiger partial charge in [-0.2, -0.15) is 5.26 Å². The summed E-state index contributed by atoms with van der Waals surface area (Å²) in [6.07, 6.45) is 8.77. The summed E-state index contributed by atoms with van der Waals surface area (Å²) in [5.41, 5.74) is -0.242. The number of nitrogens with one attached hydrogen (secondary N) is 1. The number of nitrogens with zero attached hydrogens (tertiary/aromatic N) is 3. The Hall–Kier alpha value is -0.630. The van der Waals surface area contributed by atoms with Crippen LogP contribution < -0.4 is 5.32 Å². The van der Waals surface area contributed by atoms with E-state index in [0.29, 0.717) is 5.92 Å². The van der Waals surface area contributed by atoms with Gasteiger partial charge in [0.25, 0.3) is 0 Å². The molecule has 0 aromatic heterocycles. The highest BCUT2D eigenvalue weighted by Gasteiger charge is 2.42. The van der Waals surface area contributed by atoms with E-state index in [2.05, 4.69) is 21.2 Å². The standard InChI is InChI=1S/C17H30N4/c1-19-17(14-18)8-4-5-15(17)6-11-20-12-7-16(13-20)21-9-2-3-10-21/h15-16,19H,2-13H2,1H3. The molecule has 0 aromatic carbocycles. The maximum atomic E-state index is 9.53. The van der Waals surface area contributed by atoms with Crippen LogP contribution in [-0.2, 0) is 0 Å². The zero-order valence-electron chi connectivity index (χ0n) is 13.5. The molecular weight excluding hydrogens is 260 g/mol. The van der Waals surface area contributed by atoms with Gasteiger partial charge in [0.1, 0.15) is 5.54 Å². The highest BCUT2D eigenvalue weighted by Crippen LogP contribution is 2.37. The fraction of sp³-hybridized carbons (Fsp3) is 0.941. The number of nitriles is 1. The quantitative estimate of drug-likeness (QED) is 0.839. The number of hydrogen-bond acceptors (Lipinski definition) is 4. The van der Waals surface area contributed by atoms with Gasteiger partial charge in [-0.3, -0.25) is 4.90 Å². The van der Waals surface area contributed by atoms with Crippen molar-refractivity contribution >= 4 is 0 Å². The van der Waals surface area contributed by atoms with Gasteiger partial charge >= 0.3 is 0 Å². The molecule has 0 spiro atoms. The molecule has 3 atom stereocenters. The lowest BCUT2D eigenvalue weighted by molar-refractivity contribution is 0.218. The lowest BCUT2D eigenvalue weighted by Crippen LogP contribution is -2.45. The summed E-state index contributed by atoms with van der Waals surface area (Å²) in [7, 11) is 1.96. The second-order valence-electron chi connectivity index (χ2n) is 7.20. The van der Waals surface area contributed by atoms with Crippen molar-refractivity contribution in [2.75, 3.05) is 39.8 Å². The predicted octanol–water partition coefficient (Wildman–Crippen LogP) is 1.83. The summed E-state index contributed by atoms with van der Waals surface area (Å²) in [5, 5.41) is 12.9. The minimum absolute atomic E-state index is 0.242. The second kappa shape index (κ2) is 6.64. The van der Waals surface area contributed by atoms with Crippen LogP contribution in [0.15, 0.2) is 0 Å². The molecule has 3 fully saturated rings. The molecule has 1 N–H and O–H groups in total. The second-order valence-corrected chi connectivity index (χ2v) is 7.20. The number of rotatable bonds is 5. The zero-order valence-corrected chi connectivity index (χ0v) is 13.5. The molecule has 3 unspecified atom stereocenters. The van der Waals surface area contributed by atoms with E-state index in [4.69, 9.17) is 0 Å². The van der Waals surface area contributed by atoms with Gasteiger partial charge in [-0.05, 0) is 77.7 Å². The fourth-order valence-corrected chi connectivity index (χ4v) is 4.76. The van der Waals surface area contributed by atoms with Crippen LogP contribution in [0.25, 0.3) is 0 Å². The lowest BCUT2D eigenvalue weighted by Gasteiger charge is -2.30. The highest BCUT2D eigenvalue weighted by atomic mass is 15.3. The molecule has 1 saturated carbocycles. The van der Waals surface area contributed by atoms with Gasteiger partial charge in [-0.1, -0.05) is 6.42 Å². The Balaban J connectivity index is 1.46. The van der Waals surface area contributed by atoms with Crippen molar-refractivity contribution in [3.63, 3.8) is 0 Å². The zero-order chi connectivity index (χ0) is 14.7. The van der Waals surface area contributed by atoms with E-state index in [1.54, 1.807) is 0 Å². The van der Waals surface area contributed by atoms with E-state index >= 15 is 0 Å². The summed E-state index contributed by atoms with van der Waals surface area (Å²) >= 11 is 0. The monoisotopic (exact) mass is 290 g/mol. The SMILES string of the molecule is CNC1(C#N)CCCC1CCN1CCC(N2CCCC2)C1. The van der Waals surface area contributed by atoms with Gasteiger partial charge in [0, 0.05) is 12.6 Å². The molecule has 21 heavy (non-hydrogen) atoms. The Morgan fingerprint density at radius 1 is 1.19 bits per heavy atom. The van der Waals surface area contributed by atoms with Gasteiger partial charge in [0.15, 0.2) is 0 Å². The Kier molecular flexibility index (Phi) is 4.83. The van der Waals surface area contributed by atoms with Crippen LogP contribution in [0, 0.1) is 17.2 Å². The molecule has 3 rings (SSSR count). The molecule has 0 amide bonds. The Labute approximate surface area is 129 Å². The van der Waals surface area contributed by atoms with Crippen molar-refractivity contribution in [2.45, 2.75) is 56.5 Å². The Morgan fingerprint density at radius 2 is 2.00 bits per heavy atom. The third-order valence-electron chi connectivity index (χ3n) is 6.16. The molecule has 4 heteroatoms. The smallest absolute Gasteiger partial charge is 0.109 e. The third-order valence-corrected chi connectivity index (χ3v) is 6.16. The van der Waals surface area contributed by atoms with Crippen molar-refractivity contribution in [3.05, 3.63) is 0 Å². The van der Waals surface area contributed by atoms with Crippen LogP contribution in [0.4, 0.5) is 0 Å². The summed E-state index contributed by atoms with van der Waals surface area (Å²) in [6.45, 7) is 6.33. The van der Waals surface area contributed by atoms with Gasteiger partial charge in [0.05, 0.1) is 6.07 Å². The summed E-state index contributed by atoms with van der Waals surface area (Å²) < 4.78 is 0. The predicted molar refractivity (Wildman–Crippen MR) is 85.0 cm³/mol. The van der Waals surface area contributed by atoms with Crippen molar-refractivity contribution < 1.29 is 0 Å². The average molecular weight is 290 g/mol. The van der Waals surface area contributed by atoms with Crippen molar-refractivity contribution in [1.29, 1.82) is 5.26 Å². The van der Waals surface area contributed by atoms with E-state index in [-0.39, 0.29) is 5.54 Å². The molecule has 118 valence electrons. The van der Waals surface area contributed by atoms with Crippen molar-refractivity contribution in [3.8, 4) is 6.07 Å². The van der Waals surface area contributed by atoms with Gasteiger partial charge in [0.2, 0.25) is 0 Å². The first-order valence-corrected chi connectivity index (χ1v) is 8.84. The molecule has 0 radical (unpaired) electrons. The van der Waals surface area contributed by atoms with Gasteiger partial charge in [-0.25, -0.2) is 0 Å². The summed E-state index contributed by atoms with van der Waals surface area (Å²) in [5.74, 6) is 0.540.